The number of esters is 1. The van der Waals surface area contributed by atoms with Crippen LogP contribution in [0.15, 0.2) is 84.6 Å². The van der Waals surface area contributed by atoms with Gasteiger partial charge in [-0.25, -0.2) is 4.79 Å². The van der Waals surface area contributed by atoms with Crippen LogP contribution < -0.4 is 9.47 Å². The van der Waals surface area contributed by atoms with Gasteiger partial charge in [-0.3, -0.25) is 4.79 Å². The van der Waals surface area contributed by atoms with Gasteiger partial charge >= 0.3 is 5.97 Å². The van der Waals surface area contributed by atoms with Crippen molar-refractivity contribution in [1.29, 1.82) is 0 Å². The molecule has 1 aliphatic rings. The molecular weight excluding hydrogens is 388 g/mol. The van der Waals surface area contributed by atoms with Crippen molar-refractivity contribution in [2.45, 2.75) is 19.8 Å². The quantitative estimate of drug-likeness (QED) is 0.292. The molecule has 0 aromatic heterocycles. The highest BCUT2D eigenvalue weighted by Gasteiger charge is 2.28. The maximum Gasteiger partial charge on any atom is 0.336 e. The van der Waals surface area contributed by atoms with Gasteiger partial charge in [0.15, 0.2) is 5.76 Å². The molecule has 4 heteroatoms. The molecule has 0 bridgehead atoms. The van der Waals surface area contributed by atoms with Crippen molar-refractivity contribution < 1.29 is 19.1 Å². The third-order valence-electron chi connectivity index (χ3n) is 4.97. The van der Waals surface area contributed by atoms with Crippen molar-refractivity contribution >= 4 is 23.9 Å². The van der Waals surface area contributed by atoms with Crippen LogP contribution in [0.25, 0.3) is 12.2 Å². The Morgan fingerprint density at radius 1 is 0.935 bits per heavy atom. The number of benzene rings is 3. The lowest BCUT2D eigenvalue weighted by Gasteiger charge is -2.05. The van der Waals surface area contributed by atoms with E-state index in [0.717, 1.165) is 11.1 Å². The molecular formula is C27H22O4. The summed E-state index contributed by atoms with van der Waals surface area (Å²) in [5, 5.41) is 0. The molecule has 3 aromatic carbocycles. The topological polar surface area (TPSA) is 52.6 Å². The van der Waals surface area contributed by atoms with Crippen molar-refractivity contribution in [3.8, 4) is 11.5 Å². The number of Topliss-reactive ketones (excluding diaryl/α,β-unsaturated/α-hetero) is 1. The zero-order valence-electron chi connectivity index (χ0n) is 17.4. The molecule has 31 heavy (non-hydrogen) atoms. The van der Waals surface area contributed by atoms with Gasteiger partial charge in [-0.2, -0.15) is 0 Å². The van der Waals surface area contributed by atoms with Gasteiger partial charge in [0.25, 0.3) is 0 Å². The number of carbonyl (C=O) groups is 2. The van der Waals surface area contributed by atoms with Crippen LogP contribution in [0.4, 0.5) is 0 Å². The van der Waals surface area contributed by atoms with E-state index in [4.69, 9.17) is 9.47 Å². The lowest BCUT2D eigenvalue weighted by molar-refractivity contribution is -0.128. The summed E-state index contributed by atoms with van der Waals surface area (Å²) < 4.78 is 11.1. The second-order valence-electron chi connectivity index (χ2n) is 7.58. The van der Waals surface area contributed by atoms with Gasteiger partial charge in [0, 0.05) is 12.1 Å². The Labute approximate surface area is 181 Å². The first kappa shape index (κ1) is 20.4. The van der Waals surface area contributed by atoms with Crippen molar-refractivity contribution in [1.82, 2.24) is 0 Å². The third-order valence-corrected chi connectivity index (χ3v) is 4.97. The van der Waals surface area contributed by atoms with Crippen molar-refractivity contribution in [3.05, 3.63) is 107 Å². The van der Waals surface area contributed by atoms with Crippen LogP contribution in [0, 0.1) is 0 Å². The Morgan fingerprint density at radius 3 is 2.39 bits per heavy atom. The van der Waals surface area contributed by atoms with Crippen LogP contribution in [0.5, 0.6) is 11.5 Å². The molecule has 0 spiro atoms. The molecule has 1 aliphatic heterocycles. The molecule has 0 aliphatic carbocycles. The minimum Gasteiger partial charge on any atom is -0.452 e. The Hall–Kier alpha value is -3.92. The predicted octanol–water partition coefficient (Wildman–Crippen LogP) is 6.05. The number of ketones is 1. The van der Waals surface area contributed by atoms with Crippen LogP contribution in [-0.2, 0) is 4.79 Å². The average molecular weight is 410 g/mol. The fourth-order valence-corrected chi connectivity index (χ4v) is 3.24. The minimum absolute atomic E-state index is 0.190. The molecule has 0 atom stereocenters. The number of carbonyl (C=O) groups excluding carboxylic acids is 2. The molecule has 0 unspecified atom stereocenters. The molecule has 0 N–H and O–H groups in total. The molecule has 1 heterocycles. The number of hydrogen-bond acceptors (Lipinski definition) is 4. The molecule has 0 amide bonds. The largest absolute Gasteiger partial charge is 0.452 e. The minimum atomic E-state index is -0.505. The van der Waals surface area contributed by atoms with Gasteiger partial charge < -0.3 is 9.47 Å². The Kier molecular flexibility index (Phi) is 5.80. The van der Waals surface area contributed by atoms with Gasteiger partial charge in [0.2, 0.25) is 5.78 Å². The van der Waals surface area contributed by atoms with E-state index in [1.165, 1.54) is 11.6 Å². The fourth-order valence-electron chi connectivity index (χ4n) is 3.24. The van der Waals surface area contributed by atoms with Crippen LogP contribution in [0.3, 0.4) is 0 Å². The molecule has 0 radical (unpaired) electrons. The highest BCUT2D eigenvalue weighted by atomic mass is 16.5. The van der Waals surface area contributed by atoms with E-state index < -0.39 is 5.97 Å². The number of fused-ring (bicyclic) bond motifs is 1. The summed E-state index contributed by atoms with van der Waals surface area (Å²) in [5.74, 6) is 0.696. The third kappa shape index (κ3) is 4.81. The normalized spacial score (nSPS) is 14.2. The second kappa shape index (κ2) is 8.84. The van der Waals surface area contributed by atoms with E-state index in [-0.39, 0.29) is 11.5 Å². The maximum absolute atomic E-state index is 12.7. The summed E-state index contributed by atoms with van der Waals surface area (Å²) in [6.45, 7) is 4.27. The molecule has 0 saturated carbocycles. The summed E-state index contributed by atoms with van der Waals surface area (Å²) in [4.78, 5) is 24.8. The Bertz CT molecular complexity index is 1170. The number of ether oxygens (including phenoxy) is 2. The smallest absolute Gasteiger partial charge is 0.336 e. The Morgan fingerprint density at radius 2 is 1.68 bits per heavy atom. The number of hydrogen-bond donors (Lipinski definition) is 0. The van der Waals surface area contributed by atoms with E-state index in [1.807, 2.05) is 54.6 Å². The van der Waals surface area contributed by atoms with Gasteiger partial charge in [-0.1, -0.05) is 68.4 Å². The maximum atomic E-state index is 12.7. The van der Waals surface area contributed by atoms with E-state index in [2.05, 4.69) is 13.8 Å². The van der Waals surface area contributed by atoms with Crippen molar-refractivity contribution in [2.24, 2.45) is 0 Å². The highest BCUT2D eigenvalue weighted by Crippen LogP contribution is 2.35. The fraction of sp³-hybridized carbons (Fsp3) is 0.111. The zero-order chi connectivity index (χ0) is 21.8. The van der Waals surface area contributed by atoms with Gasteiger partial charge in [-0.05, 0) is 46.9 Å². The summed E-state index contributed by atoms with van der Waals surface area (Å²) in [6.07, 6.45) is 4.77. The second-order valence-corrected chi connectivity index (χ2v) is 7.58. The lowest BCUT2D eigenvalue weighted by atomic mass is 10.0. The molecule has 0 fully saturated rings. The first-order chi connectivity index (χ1) is 15.0. The highest BCUT2D eigenvalue weighted by molar-refractivity contribution is 6.14. The predicted molar refractivity (Wildman–Crippen MR) is 121 cm³/mol. The number of allylic oxidation sites excluding steroid dienone is 1. The van der Waals surface area contributed by atoms with Gasteiger partial charge in [0.1, 0.15) is 11.5 Å². The van der Waals surface area contributed by atoms with Crippen LogP contribution in [0.2, 0.25) is 0 Å². The SMILES string of the molecule is CC(C)c1ccc(/C=C2/Oc3cc(OC(=O)/C=C/c4ccccc4)ccc3C2=O)cc1. The summed E-state index contributed by atoms with van der Waals surface area (Å²) in [6, 6.07) is 22.3. The summed E-state index contributed by atoms with van der Waals surface area (Å²) in [5.41, 5.74) is 3.47. The zero-order valence-corrected chi connectivity index (χ0v) is 17.4. The van der Waals surface area contributed by atoms with Crippen molar-refractivity contribution in [2.75, 3.05) is 0 Å². The van der Waals surface area contributed by atoms with Crippen LogP contribution in [-0.4, -0.2) is 11.8 Å². The molecule has 0 saturated heterocycles. The first-order valence-corrected chi connectivity index (χ1v) is 10.1. The van der Waals surface area contributed by atoms with Crippen molar-refractivity contribution in [3.63, 3.8) is 0 Å². The average Bonchev–Trinajstić information content (AvgIpc) is 3.08. The van der Waals surface area contributed by atoms with E-state index in [9.17, 15) is 9.59 Å². The Balaban J connectivity index is 1.46. The summed E-state index contributed by atoms with van der Waals surface area (Å²) in [7, 11) is 0. The van der Waals surface area contributed by atoms with Crippen LogP contribution >= 0.6 is 0 Å². The van der Waals surface area contributed by atoms with Gasteiger partial charge in [0.05, 0.1) is 5.56 Å². The van der Waals surface area contributed by atoms with E-state index >= 15 is 0 Å². The molecule has 154 valence electrons. The summed E-state index contributed by atoms with van der Waals surface area (Å²) >= 11 is 0. The molecule has 4 rings (SSSR count). The van der Waals surface area contributed by atoms with E-state index in [0.29, 0.717) is 23.0 Å². The van der Waals surface area contributed by atoms with E-state index in [1.54, 1.807) is 30.4 Å². The van der Waals surface area contributed by atoms with Crippen LogP contribution in [0.1, 0.15) is 46.8 Å². The molecule has 3 aromatic rings. The monoisotopic (exact) mass is 410 g/mol. The first-order valence-electron chi connectivity index (χ1n) is 10.1. The van der Waals surface area contributed by atoms with Gasteiger partial charge in [-0.15, -0.1) is 0 Å². The molecule has 4 nitrogen and oxygen atoms in total. The number of rotatable bonds is 5. The standard InChI is InChI=1S/C27H22O4/c1-18(2)21-11-8-20(9-12-21)16-25-27(29)23-14-13-22(17-24(23)31-25)30-26(28)15-10-19-6-4-3-5-7-19/h3-18H,1-2H3/b15-10+,25-16+. The lowest BCUT2D eigenvalue weighted by Crippen LogP contribution is -2.03.